The topological polar surface area (TPSA) is 34.0 Å². The van der Waals surface area contributed by atoms with Crippen LogP contribution in [0.5, 0.6) is 5.75 Å². The van der Waals surface area contributed by atoms with E-state index in [4.69, 9.17) is 4.74 Å². The SMILES string of the molecule is CCCCCCCCCCCCCCCCOc1ccc(N=Nc2ccc(CCCC)cc2)cc1. The molecular formula is C32H50N2O. The fourth-order valence-corrected chi connectivity index (χ4v) is 4.32. The van der Waals surface area contributed by atoms with Crippen LogP contribution in [0.1, 0.15) is 122 Å². The Balaban J connectivity index is 1.47. The van der Waals surface area contributed by atoms with Gasteiger partial charge in [0.1, 0.15) is 5.75 Å². The van der Waals surface area contributed by atoms with Crippen LogP contribution in [0.15, 0.2) is 58.8 Å². The number of azo groups is 1. The zero-order chi connectivity index (χ0) is 24.8. The highest BCUT2D eigenvalue weighted by Gasteiger charge is 1.98. The number of ether oxygens (including phenoxy) is 1. The van der Waals surface area contributed by atoms with E-state index in [-0.39, 0.29) is 0 Å². The standard InChI is InChI=1S/C32H50N2O/c1-3-5-7-8-9-10-11-12-13-14-15-16-17-18-28-35-32-26-24-31(25-27-32)34-33-30-22-20-29(21-23-30)19-6-4-2/h20-27H,3-19,28H2,1-2H3. The molecule has 0 fully saturated rings. The molecule has 0 aliphatic carbocycles. The maximum absolute atomic E-state index is 5.90. The highest BCUT2D eigenvalue weighted by Crippen LogP contribution is 2.22. The van der Waals surface area contributed by atoms with Gasteiger partial charge in [-0.25, -0.2) is 0 Å². The molecule has 0 bridgehead atoms. The molecule has 194 valence electrons. The van der Waals surface area contributed by atoms with Crippen molar-refractivity contribution in [2.24, 2.45) is 10.2 Å². The summed E-state index contributed by atoms with van der Waals surface area (Å²) in [6, 6.07) is 16.3. The molecular weight excluding hydrogens is 428 g/mol. The van der Waals surface area contributed by atoms with Gasteiger partial charge in [-0.15, -0.1) is 0 Å². The van der Waals surface area contributed by atoms with Crippen LogP contribution in [0.4, 0.5) is 11.4 Å². The molecule has 0 aromatic heterocycles. The fourth-order valence-electron chi connectivity index (χ4n) is 4.32. The van der Waals surface area contributed by atoms with E-state index in [1.807, 2.05) is 36.4 Å². The molecule has 0 radical (unpaired) electrons. The molecule has 2 rings (SSSR count). The van der Waals surface area contributed by atoms with Crippen LogP contribution in [0.3, 0.4) is 0 Å². The summed E-state index contributed by atoms with van der Waals surface area (Å²) in [5.74, 6) is 0.916. The van der Waals surface area contributed by atoms with Gasteiger partial charge in [0.25, 0.3) is 0 Å². The van der Waals surface area contributed by atoms with Crippen molar-refractivity contribution in [2.45, 2.75) is 123 Å². The summed E-state index contributed by atoms with van der Waals surface area (Å²) < 4.78 is 5.90. The van der Waals surface area contributed by atoms with E-state index in [1.165, 1.54) is 102 Å². The van der Waals surface area contributed by atoms with Crippen LogP contribution >= 0.6 is 0 Å². The molecule has 0 N–H and O–H groups in total. The van der Waals surface area contributed by atoms with Gasteiger partial charge < -0.3 is 4.74 Å². The minimum absolute atomic E-state index is 0.795. The maximum Gasteiger partial charge on any atom is 0.119 e. The minimum Gasteiger partial charge on any atom is -0.494 e. The van der Waals surface area contributed by atoms with Crippen molar-refractivity contribution >= 4 is 11.4 Å². The number of nitrogens with zero attached hydrogens (tertiary/aromatic N) is 2. The molecule has 2 aromatic rings. The van der Waals surface area contributed by atoms with E-state index >= 15 is 0 Å². The van der Waals surface area contributed by atoms with Crippen LogP contribution in [0.2, 0.25) is 0 Å². The largest absolute Gasteiger partial charge is 0.494 e. The Bertz CT molecular complexity index is 767. The Morgan fingerprint density at radius 3 is 1.40 bits per heavy atom. The second-order valence-corrected chi connectivity index (χ2v) is 9.91. The minimum atomic E-state index is 0.795. The van der Waals surface area contributed by atoms with Crippen molar-refractivity contribution in [2.75, 3.05) is 6.61 Å². The van der Waals surface area contributed by atoms with E-state index in [0.717, 1.165) is 36.6 Å². The van der Waals surface area contributed by atoms with Crippen molar-refractivity contribution in [3.8, 4) is 5.75 Å². The lowest BCUT2D eigenvalue weighted by atomic mass is 10.0. The Hall–Kier alpha value is -2.16. The molecule has 2 aromatic carbocycles. The van der Waals surface area contributed by atoms with Crippen LogP contribution in [0, 0.1) is 0 Å². The highest BCUT2D eigenvalue weighted by atomic mass is 16.5. The number of unbranched alkanes of at least 4 members (excludes halogenated alkanes) is 14. The first-order valence-corrected chi connectivity index (χ1v) is 14.6. The van der Waals surface area contributed by atoms with Crippen molar-refractivity contribution in [3.05, 3.63) is 54.1 Å². The van der Waals surface area contributed by atoms with E-state index in [1.54, 1.807) is 0 Å². The first kappa shape index (κ1) is 29.1. The van der Waals surface area contributed by atoms with Crippen molar-refractivity contribution in [1.82, 2.24) is 0 Å². The third kappa shape index (κ3) is 14.8. The average molecular weight is 479 g/mol. The second kappa shape index (κ2) is 20.1. The summed E-state index contributed by atoms with van der Waals surface area (Å²) in [6.07, 6.45) is 22.9. The number of hydrogen-bond donors (Lipinski definition) is 0. The molecule has 3 nitrogen and oxygen atoms in total. The van der Waals surface area contributed by atoms with Gasteiger partial charge in [-0.2, -0.15) is 10.2 Å². The van der Waals surface area contributed by atoms with Gasteiger partial charge in [-0.1, -0.05) is 116 Å². The van der Waals surface area contributed by atoms with Gasteiger partial charge in [0, 0.05) is 0 Å². The smallest absolute Gasteiger partial charge is 0.119 e. The van der Waals surface area contributed by atoms with Gasteiger partial charge in [0.05, 0.1) is 18.0 Å². The Labute approximate surface area is 215 Å². The third-order valence-corrected chi connectivity index (χ3v) is 6.64. The predicted molar refractivity (Wildman–Crippen MR) is 151 cm³/mol. The molecule has 0 spiro atoms. The lowest BCUT2D eigenvalue weighted by molar-refractivity contribution is 0.304. The molecule has 0 atom stereocenters. The Kier molecular flexibility index (Phi) is 16.7. The number of aryl methyl sites for hydroxylation is 1. The molecule has 0 aliphatic heterocycles. The van der Waals surface area contributed by atoms with Crippen LogP contribution in [0.25, 0.3) is 0 Å². The van der Waals surface area contributed by atoms with Crippen LogP contribution in [-0.2, 0) is 6.42 Å². The maximum atomic E-state index is 5.90. The van der Waals surface area contributed by atoms with Gasteiger partial charge in [-0.3, -0.25) is 0 Å². The predicted octanol–water partition coefficient (Wildman–Crippen LogP) is 11.3. The fraction of sp³-hybridized carbons (Fsp3) is 0.625. The number of hydrogen-bond acceptors (Lipinski definition) is 3. The quantitative estimate of drug-likeness (QED) is 0.130. The number of rotatable bonds is 21. The Morgan fingerprint density at radius 1 is 0.486 bits per heavy atom. The van der Waals surface area contributed by atoms with Gasteiger partial charge in [0.2, 0.25) is 0 Å². The van der Waals surface area contributed by atoms with Crippen molar-refractivity contribution in [1.29, 1.82) is 0 Å². The zero-order valence-corrected chi connectivity index (χ0v) is 22.6. The van der Waals surface area contributed by atoms with E-state index < -0.39 is 0 Å². The van der Waals surface area contributed by atoms with E-state index in [9.17, 15) is 0 Å². The monoisotopic (exact) mass is 478 g/mol. The van der Waals surface area contributed by atoms with Crippen LogP contribution < -0.4 is 4.74 Å². The summed E-state index contributed by atoms with van der Waals surface area (Å²) in [7, 11) is 0. The Morgan fingerprint density at radius 2 is 0.914 bits per heavy atom. The highest BCUT2D eigenvalue weighted by molar-refractivity contribution is 5.43. The second-order valence-electron chi connectivity index (χ2n) is 9.91. The van der Waals surface area contributed by atoms with Gasteiger partial charge in [0.15, 0.2) is 0 Å². The van der Waals surface area contributed by atoms with Gasteiger partial charge in [-0.05, 0) is 61.2 Å². The van der Waals surface area contributed by atoms with Crippen molar-refractivity contribution < 1.29 is 4.74 Å². The summed E-state index contributed by atoms with van der Waals surface area (Å²) in [5, 5.41) is 8.71. The molecule has 0 unspecified atom stereocenters. The average Bonchev–Trinajstić information content (AvgIpc) is 2.90. The number of benzene rings is 2. The molecule has 0 amide bonds. The van der Waals surface area contributed by atoms with E-state index in [0.29, 0.717) is 0 Å². The zero-order valence-electron chi connectivity index (χ0n) is 22.6. The summed E-state index contributed by atoms with van der Waals surface area (Å²) in [5.41, 5.74) is 3.11. The molecule has 0 heterocycles. The first-order chi connectivity index (χ1) is 17.3. The molecule has 0 saturated carbocycles. The summed E-state index contributed by atoms with van der Waals surface area (Å²) in [4.78, 5) is 0. The lowest BCUT2D eigenvalue weighted by Gasteiger charge is -2.06. The normalized spacial score (nSPS) is 11.4. The first-order valence-electron chi connectivity index (χ1n) is 14.6. The van der Waals surface area contributed by atoms with Gasteiger partial charge >= 0.3 is 0 Å². The van der Waals surface area contributed by atoms with E-state index in [2.05, 4.69) is 36.2 Å². The molecule has 0 aliphatic rings. The lowest BCUT2D eigenvalue weighted by Crippen LogP contribution is -1.96. The van der Waals surface area contributed by atoms with Crippen molar-refractivity contribution in [3.63, 3.8) is 0 Å². The summed E-state index contributed by atoms with van der Waals surface area (Å²) >= 11 is 0. The summed E-state index contributed by atoms with van der Waals surface area (Å²) in [6.45, 7) is 5.30. The molecule has 3 heteroatoms. The van der Waals surface area contributed by atoms with Crippen LogP contribution in [-0.4, -0.2) is 6.61 Å². The third-order valence-electron chi connectivity index (χ3n) is 6.64. The molecule has 35 heavy (non-hydrogen) atoms. The molecule has 0 saturated heterocycles.